The van der Waals surface area contributed by atoms with Gasteiger partial charge >= 0.3 is 0 Å². The minimum Gasteiger partial charge on any atom is -0.347 e. The highest BCUT2D eigenvalue weighted by Gasteiger charge is 2.15. The summed E-state index contributed by atoms with van der Waals surface area (Å²) in [6.45, 7) is 21.8. The molecular weight excluding hydrogens is 402 g/mol. The lowest BCUT2D eigenvalue weighted by Gasteiger charge is -2.18. The Morgan fingerprint density at radius 1 is 1.09 bits per heavy atom. The van der Waals surface area contributed by atoms with Crippen LogP contribution in [0.1, 0.15) is 64.3 Å². The van der Waals surface area contributed by atoms with Crippen molar-refractivity contribution in [2.45, 2.75) is 67.3 Å². The summed E-state index contributed by atoms with van der Waals surface area (Å²) in [4.78, 5) is 6.15. The average molecular weight is 450 g/mol. The van der Waals surface area contributed by atoms with Crippen LogP contribution in [0.2, 0.25) is 0 Å². The van der Waals surface area contributed by atoms with Gasteiger partial charge in [0.2, 0.25) is 0 Å². The average Bonchev–Trinajstić information content (AvgIpc) is 3.05. The van der Waals surface area contributed by atoms with Crippen molar-refractivity contribution in [3.05, 3.63) is 83.8 Å². The minimum absolute atomic E-state index is 0.813. The molecule has 0 saturated carbocycles. The maximum absolute atomic E-state index is 3.85. The molecule has 0 aliphatic heterocycles. The van der Waals surface area contributed by atoms with E-state index in [1.165, 1.54) is 27.7 Å². The minimum atomic E-state index is 0.813. The molecule has 2 aromatic rings. The van der Waals surface area contributed by atoms with Crippen LogP contribution < -0.4 is 0 Å². The van der Waals surface area contributed by atoms with E-state index in [2.05, 4.69) is 112 Å². The Morgan fingerprint density at radius 3 is 2.12 bits per heavy atom. The third kappa shape index (κ3) is 10.7. The number of likely N-dealkylation sites (N-methyl/N-ethyl adjacent to an activating group) is 1. The van der Waals surface area contributed by atoms with Crippen molar-refractivity contribution in [3.63, 3.8) is 0 Å². The maximum atomic E-state index is 3.85. The van der Waals surface area contributed by atoms with E-state index in [4.69, 9.17) is 0 Å². The number of rotatable bonds is 9. The van der Waals surface area contributed by atoms with Gasteiger partial charge in [-0.2, -0.15) is 0 Å². The van der Waals surface area contributed by atoms with E-state index >= 15 is 0 Å². The Morgan fingerprint density at radius 2 is 1.70 bits per heavy atom. The summed E-state index contributed by atoms with van der Waals surface area (Å²) in [7, 11) is 4.30. The van der Waals surface area contributed by atoms with Gasteiger partial charge in [-0.25, -0.2) is 0 Å². The van der Waals surface area contributed by atoms with Crippen LogP contribution in [-0.2, 0) is 20.0 Å². The highest BCUT2D eigenvalue weighted by molar-refractivity contribution is 5.86. The summed E-state index contributed by atoms with van der Waals surface area (Å²) in [5.74, 6) is 0. The molecule has 0 saturated heterocycles. The van der Waals surface area contributed by atoms with E-state index < -0.39 is 0 Å². The second-order valence-corrected chi connectivity index (χ2v) is 8.08. The molecule has 0 amide bonds. The predicted octanol–water partition coefficient (Wildman–Crippen LogP) is 8.20. The van der Waals surface area contributed by atoms with Gasteiger partial charge in [-0.3, -0.25) is 9.89 Å². The smallest absolute Gasteiger partial charge is 0.0483 e. The first-order valence-electron chi connectivity index (χ1n) is 12.1. The van der Waals surface area contributed by atoms with Crippen molar-refractivity contribution >= 4 is 17.6 Å². The van der Waals surface area contributed by atoms with Gasteiger partial charge < -0.3 is 4.57 Å². The zero-order valence-corrected chi connectivity index (χ0v) is 22.5. The summed E-state index contributed by atoms with van der Waals surface area (Å²) in [6.07, 6.45) is 15.3. The molecule has 33 heavy (non-hydrogen) atoms. The number of aryl methyl sites for hydroxylation is 2. The highest BCUT2D eigenvalue weighted by Crippen LogP contribution is 2.28. The number of benzene rings is 1. The van der Waals surface area contributed by atoms with Crippen LogP contribution in [0, 0.1) is 6.92 Å². The van der Waals surface area contributed by atoms with Gasteiger partial charge in [0.25, 0.3) is 0 Å². The first kappa shape index (κ1) is 30.4. The summed E-state index contributed by atoms with van der Waals surface area (Å²) in [5, 5.41) is 1.36. The van der Waals surface area contributed by atoms with Crippen LogP contribution in [-0.4, -0.2) is 29.8 Å². The molecule has 1 heterocycles. The summed E-state index contributed by atoms with van der Waals surface area (Å²) < 4.78 is 2.33. The van der Waals surface area contributed by atoms with Crippen molar-refractivity contribution in [1.82, 2.24) is 9.47 Å². The molecule has 0 N–H and O–H groups in total. The summed E-state index contributed by atoms with van der Waals surface area (Å²) in [5.41, 5.74) is 6.52. The van der Waals surface area contributed by atoms with Crippen molar-refractivity contribution < 1.29 is 0 Å². The van der Waals surface area contributed by atoms with Crippen molar-refractivity contribution in [3.8, 4) is 0 Å². The van der Waals surface area contributed by atoms with Gasteiger partial charge in [-0.1, -0.05) is 69.4 Å². The second kappa shape index (κ2) is 17.9. The molecule has 3 heteroatoms. The van der Waals surface area contributed by atoms with Crippen LogP contribution in [0.25, 0.3) is 10.9 Å². The van der Waals surface area contributed by atoms with Crippen LogP contribution >= 0.6 is 0 Å². The summed E-state index contributed by atoms with van der Waals surface area (Å²) >= 11 is 0. The van der Waals surface area contributed by atoms with Gasteiger partial charge in [0.15, 0.2) is 0 Å². The van der Waals surface area contributed by atoms with Gasteiger partial charge in [0.1, 0.15) is 0 Å². The van der Waals surface area contributed by atoms with Crippen LogP contribution in [0.3, 0.4) is 0 Å². The lowest BCUT2D eigenvalue weighted by Crippen LogP contribution is -2.21. The maximum Gasteiger partial charge on any atom is 0.0483 e. The molecule has 0 aliphatic rings. The number of aromatic nitrogens is 1. The number of hydrogen-bond donors (Lipinski definition) is 0. The van der Waals surface area contributed by atoms with Gasteiger partial charge in [0, 0.05) is 42.9 Å². The molecule has 0 radical (unpaired) electrons. The number of nitrogens with zero attached hydrogens (tertiary/aromatic N) is 3. The van der Waals surface area contributed by atoms with E-state index in [0.29, 0.717) is 0 Å². The Balaban J connectivity index is 0.000000859. The van der Waals surface area contributed by atoms with Crippen LogP contribution in [0.4, 0.5) is 0 Å². The normalized spacial score (nSPS) is 11.5. The van der Waals surface area contributed by atoms with E-state index in [-0.39, 0.29) is 0 Å². The van der Waals surface area contributed by atoms with E-state index in [1.54, 1.807) is 6.20 Å². The van der Waals surface area contributed by atoms with Crippen molar-refractivity contribution in [2.75, 3.05) is 13.6 Å². The Labute approximate surface area is 203 Å². The molecule has 1 aromatic heterocycles. The highest BCUT2D eigenvalue weighted by atomic mass is 15.1. The predicted molar refractivity (Wildman–Crippen MR) is 151 cm³/mol. The fourth-order valence-electron chi connectivity index (χ4n) is 3.70. The van der Waals surface area contributed by atoms with Gasteiger partial charge in [-0.05, 0) is 77.1 Å². The molecule has 3 nitrogen and oxygen atoms in total. The molecule has 0 bridgehead atoms. The molecule has 0 fully saturated rings. The monoisotopic (exact) mass is 449 g/mol. The van der Waals surface area contributed by atoms with Crippen LogP contribution in [0.5, 0.6) is 0 Å². The Hall–Kier alpha value is -2.65. The second-order valence-electron chi connectivity index (χ2n) is 8.08. The van der Waals surface area contributed by atoms with E-state index in [9.17, 15) is 0 Å². The molecule has 1 aromatic carbocycles. The molecule has 0 spiro atoms. The van der Waals surface area contributed by atoms with Crippen molar-refractivity contribution in [2.24, 2.45) is 12.0 Å². The number of aliphatic imine (C=N–C) groups is 1. The third-order valence-corrected chi connectivity index (χ3v) is 5.27. The first-order valence-corrected chi connectivity index (χ1v) is 12.1. The first-order chi connectivity index (χ1) is 15.8. The molecule has 2 rings (SSSR count). The Kier molecular flexibility index (Phi) is 16.4. The fraction of sp³-hybridized carbons (Fsp3) is 0.433. The number of hydrogen-bond acceptors (Lipinski definition) is 2. The molecule has 0 unspecified atom stereocenters. The summed E-state index contributed by atoms with van der Waals surface area (Å²) in [6, 6.07) is 6.71. The molecule has 0 aliphatic carbocycles. The molecule has 182 valence electrons. The lowest BCUT2D eigenvalue weighted by molar-refractivity contribution is 0.357. The SMILES string of the molecule is C/C=C/CC.C/C=C\CC.C=C/C(=C\N=C)CN(C)Cc1c(CC)n(C)c2ccc(C)cc12. The van der Waals surface area contributed by atoms with Crippen molar-refractivity contribution in [1.29, 1.82) is 0 Å². The van der Waals surface area contributed by atoms with Gasteiger partial charge in [-0.15, -0.1) is 0 Å². The topological polar surface area (TPSA) is 20.5 Å². The largest absolute Gasteiger partial charge is 0.347 e. The zero-order valence-electron chi connectivity index (χ0n) is 22.5. The standard InChI is InChI=1S/C20H27N3.2C5H10/c1-7-16(12-21-4)13-22(5)14-18-17-11-15(3)9-10-20(17)23(6)19(18)8-2;2*1-3-5-4-2/h7,9-12H,1,4,8,13-14H2,2-3,5-6H3;2*3,5H,4H2,1-2H3/b16-12+;5-3+;5-3-. The van der Waals surface area contributed by atoms with Gasteiger partial charge in [0.05, 0.1) is 0 Å². The number of fused-ring (bicyclic) bond motifs is 1. The van der Waals surface area contributed by atoms with Crippen LogP contribution in [0.15, 0.2) is 71.9 Å². The molecular formula is C30H47N3. The quantitative estimate of drug-likeness (QED) is 0.215. The van der Waals surface area contributed by atoms with E-state index in [1.807, 2.05) is 19.9 Å². The zero-order chi connectivity index (χ0) is 25.2. The molecule has 0 atom stereocenters. The van der Waals surface area contributed by atoms with E-state index in [0.717, 1.165) is 37.9 Å². The Bertz CT molecular complexity index is 914. The number of allylic oxidation sites excluding steroid dienone is 4. The third-order valence-electron chi connectivity index (χ3n) is 5.27. The fourth-order valence-corrected chi connectivity index (χ4v) is 3.70. The lowest BCUT2D eigenvalue weighted by atomic mass is 10.1.